The molecule has 0 bridgehead atoms. The highest BCUT2D eigenvalue weighted by Crippen LogP contribution is 2.54. The molecule has 5 atom stereocenters. The van der Waals surface area contributed by atoms with Crippen LogP contribution in [0.25, 0.3) is 0 Å². The van der Waals surface area contributed by atoms with Crippen LogP contribution in [0.15, 0.2) is 50.1 Å². The summed E-state index contributed by atoms with van der Waals surface area (Å²) in [5.74, 6) is 0.778. The first kappa shape index (κ1) is 21.4. The molecule has 2 fully saturated rings. The first-order valence-corrected chi connectivity index (χ1v) is 13.1. The molecular formula is C24H34ClNO2S. The largest absolute Gasteiger partial charge is 0.365 e. The van der Waals surface area contributed by atoms with Crippen molar-refractivity contribution in [3.05, 3.63) is 40.8 Å². The fraction of sp³-hybridized carbons (Fsp3) is 0.667. The van der Waals surface area contributed by atoms with E-state index in [4.69, 9.17) is 16.3 Å². The van der Waals surface area contributed by atoms with Gasteiger partial charge in [-0.25, -0.2) is 8.57 Å². The molecule has 1 aromatic carbocycles. The van der Waals surface area contributed by atoms with Crippen molar-refractivity contribution < 1.29 is 8.95 Å². The van der Waals surface area contributed by atoms with Crippen molar-refractivity contribution in [1.82, 2.24) is 0 Å². The maximum absolute atomic E-state index is 14.7. The van der Waals surface area contributed by atoms with Gasteiger partial charge in [-0.15, -0.1) is 11.6 Å². The maximum Gasteiger partial charge on any atom is 0.104 e. The second-order valence-corrected chi connectivity index (χ2v) is 12.2. The zero-order valence-corrected chi connectivity index (χ0v) is 19.5. The summed E-state index contributed by atoms with van der Waals surface area (Å²) >= 11 is 6.72. The van der Waals surface area contributed by atoms with Gasteiger partial charge in [0.1, 0.15) is 15.3 Å². The van der Waals surface area contributed by atoms with Crippen LogP contribution in [0.5, 0.6) is 0 Å². The molecule has 1 aliphatic heterocycles. The van der Waals surface area contributed by atoms with E-state index in [1.165, 1.54) is 12.0 Å². The number of nitrogens with zero attached hydrogens (tertiary/aromatic N) is 1. The summed E-state index contributed by atoms with van der Waals surface area (Å²) in [7, 11) is -1.03. The van der Waals surface area contributed by atoms with Gasteiger partial charge in [-0.1, -0.05) is 38.5 Å². The molecule has 160 valence electrons. The van der Waals surface area contributed by atoms with Gasteiger partial charge < -0.3 is 4.74 Å². The molecule has 0 N–H and O–H groups in total. The van der Waals surface area contributed by atoms with E-state index in [0.717, 1.165) is 54.7 Å². The highest BCUT2D eigenvalue weighted by atomic mass is 35.5. The van der Waals surface area contributed by atoms with E-state index in [1.807, 2.05) is 30.3 Å². The SMILES string of the molecule is CN=S(=O)(C1=C2CCCC[C@H]2[C@H](C(C)C)O[C@]12CCC[C@H](Cl)C2)c1ccccc1. The second-order valence-electron chi connectivity index (χ2n) is 9.24. The van der Waals surface area contributed by atoms with Gasteiger partial charge in [0, 0.05) is 18.3 Å². The molecule has 0 amide bonds. The Morgan fingerprint density at radius 3 is 2.59 bits per heavy atom. The summed E-state index contributed by atoms with van der Waals surface area (Å²) in [6.07, 6.45) is 8.33. The van der Waals surface area contributed by atoms with Gasteiger partial charge in [-0.3, -0.25) is 0 Å². The Morgan fingerprint density at radius 2 is 1.93 bits per heavy atom. The molecule has 1 aromatic rings. The quantitative estimate of drug-likeness (QED) is 0.504. The van der Waals surface area contributed by atoms with Crippen molar-refractivity contribution in [3.8, 4) is 0 Å². The molecule has 29 heavy (non-hydrogen) atoms. The Kier molecular flexibility index (Phi) is 6.17. The molecule has 4 rings (SSSR count). The molecule has 0 aromatic heterocycles. The number of halogens is 1. The van der Waals surface area contributed by atoms with Crippen molar-refractivity contribution >= 4 is 21.3 Å². The van der Waals surface area contributed by atoms with Gasteiger partial charge in [0.15, 0.2) is 0 Å². The van der Waals surface area contributed by atoms with Crippen LogP contribution >= 0.6 is 11.6 Å². The lowest BCUT2D eigenvalue weighted by molar-refractivity contribution is -0.134. The second kappa shape index (κ2) is 8.36. The molecule has 2 saturated carbocycles. The van der Waals surface area contributed by atoms with E-state index in [9.17, 15) is 4.21 Å². The average Bonchev–Trinajstić information content (AvgIpc) is 2.73. The molecule has 5 heteroatoms. The van der Waals surface area contributed by atoms with Crippen molar-refractivity contribution in [3.63, 3.8) is 0 Å². The lowest BCUT2D eigenvalue weighted by atomic mass is 9.70. The minimum absolute atomic E-state index is 0.0589. The molecule has 3 nitrogen and oxygen atoms in total. The molecule has 0 radical (unpaired) electrons. The van der Waals surface area contributed by atoms with Crippen molar-refractivity contribution in [2.24, 2.45) is 16.2 Å². The van der Waals surface area contributed by atoms with Crippen LogP contribution in [0.4, 0.5) is 0 Å². The predicted molar refractivity (Wildman–Crippen MR) is 121 cm³/mol. The van der Waals surface area contributed by atoms with E-state index >= 15 is 0 Å². The first-order chi connectivity index (χ1) is 13.9. The normalized spacial score (nSPS) is 34.7. The third-order valence-corrected chi connectivity index (χ3v) is 10.0. The van der Waals surface area contributed by atoms with Gasteiger partial charge in [-0.2, -0.15) is 0 Å². The van der Waals surface area contributed by atoms with E-state index in [1.54, 1.807) is 7.05 Å². The topological polar surface area (TPSA) is 38.7 Å². The van der Waals surface area contributed by atoms with Crippen molar-refractivity contribution in [1.29, 1.82) is 0 Å². The van der Waals surface area contributed by atoms with Crippen LogP contribution in [0.2, 0.25) is 0 Å². The fourth-order valence-electron chi connectivity index (χ4n) is 5.81. The van der Waals surface area contributed by atoms with Crippen molar-refractivity contribution in [2.45, 2.75) is 87.2 Å². The lowest BCUT2D eigenvalue weighted by Crippen LogP contribution is -2.53. The molecule has 2 aliphatic carbocycles. The Labute approximate surface area is 181 Å². The summed E-state index contributed by atoms with van der Waals surface area (Å²) in [5, 5.41) is 0.0589. The molecule has 1 heterocycles. The number of rotatable bonds is 3. The standard InChI is InChI=1S/C24H34ClNO2S/c1-17(2)22-20-13-7-8-14-21(20)23(24(28-22)15-9-10-18(25)16-24)29(27,26-3)19-11-5-4-6-12-19/h4-6,11-12,17-18,20,22H,7-10,13-16H2,1-3H3/t18-,20+,22-,24-,29?/m0/s1. The van der Waals surface area contributed by atoms with Gasteiger partial charge in [0.25, 0.3) is 0 Å². The summed E-state index contributed by atoms with van der Waals surface area (Å²) in [6, 6.07) is 9.82. The number of hydrogen-bond acceptors (Lipinski definition) is 3. The Morgan fingerprint density at radius 1 is 1.17 bits per heavy atom. The Balaban J connectivity index is 1.98. The van der Waals surface area contributed by atoms with Crippen molar-refractivity contribution in [2.75, 3.05) is 7.05 Å². The summed E-state index contributed by atoms with van der Waals surface area (Å²) in [4.78, 5) is 1.79. The lowest BCUT2D eigenvalue weighted by Gasteiger charge is -2.52. The smallest absolute Gasteiger partial charge is 0.104 e. The maximum atomic E-state index is 14.7. The van der Waals surface area contributed by atoms with Gasteiger partial charge in [0.05, 0.1) is 15.9 Å². The monoisotopic (exact) mass is 435 g/mol. The van der Waals surface area contributed by atoms with Gasteiger partial charge in [-0.05, 0) is 68.6 Å². The van der Waals surface area contributed by atoms with E-state index < -0.39 is 15.3 Å². The summed E-state index contributed by atoms with van der Waals surface area (Å²) in [5.41, 5.74) is 0.835. The highest BCUT2D eigenvalue weighted by Gasteiger charge is 2.53. The molecule has 1 spiro atoms. The average molecular weight is 436 g/mol. The number of alkyl halides is 1. The van der Waals surface area contributed by atoms with E-state index in [0.29, 0.717) is 11.8 Å². The van der Waals surface area contributed by atoms with Crippen LogP contribution < -0.4 is 0 Å². The molecular weight excluding hydrogens is 402 g/mol. The van der Waals surface area contributed by atoms with Crippen LogP contribution in [-0.2, 0) is 14.5 Å². The van der Waals surface area contributed by atoms with E-state index in [2.05, 4.69) is 18.2 Å². The minimum atomic E-state index is -2.74. The third kappa shape index (κ3) is 3.70. The predicted octanol–water partition coefficient (Wildman–Crippen LogP) is 6.56. The number of benzene rings is 1. The zero-order valence-electron chi connectivity index (χ0n) is 17.9. The minimum Gasteiger partial charge on any atom is -0.365 e. The van der Waals surface area contributed by atoms with Crippen LogP contribution in [0.3, 0.4) is 0 Å². The number of ether oxygens (including phenoxy) is 1. The molecule has 1 unspecified atom stereocenters. The number of hydrogen-bond donors (Lipinski definition) is 0. The number of fused-ring (bicyclic) bond motifs is 1. The fourth-order valence-corrected chi connectivity index (χ4v) is 8.71. The summed E-state index contributed by atoms with van der Waals surface area (Å²) < 4.78 is 26.3. The van der Waals surface area contributed by atoms with Crippen LogP contribution in [-0.4, -0.2) is 28.3 Å². The molecule has 3 aliphatic rings. The Bertz CT molecular complexity index is 887. The first-order valence-electron chi connectivity index (χ1n) is 11.2. The highest BCUT2D eigenvalue weighted by molar-refractivity contribution is 7.97. The van der Waals surface area contributed by atoms with Gasteiger partial charge >= 0.3 is 0 Å². The van der Waals surface area contributed by atoms with Crippen LogP contribution in [0, 0.1) is 11.8 Å². The van der Waals surface area contributed by atoms with Crippen LogP contribution in [0.1, 0.15) is 65.2 Å². The Hall–Kier alpha value is -0.840. The summed E-state index contributed by atoms with van der Waals surface area (Å²) in [6.45, 7) is 4.52. The van der Waals surface area contributed by atoms with E-state index in [-0.39, 0.29) is 11.5 Å². The zero-order chi connectivity index (χ0) is 20.6. The third-order valence-electron chi connectivity index (χ3n) is 7.03. The van der Waals surface area contributed by atoms with Gasteiger partial charge in [0.2, 0.25) is 0 Å². The molecule has 0 saturated heterocycles.